The molecule has 2 N–H and O–H groups in total. The summed E-state index contributed by atoms with van der Waals surface area (Å²) in [5.74, 6) is -0.0549. The molecule has 0 saturated carbocycles. The highest BCUT2D eigenvalue weighted by Crippen LogP contribution is 2.16. The maximum absolute atomic E-state index is 12.1. The number of carbonyl (C=O) groups excluding carboxylic acids is 1. The maximum atomic E-state index is 12.1. The molecule has 0 aliphatic carbocycles. The van der Waals surface area contributed by atoms with Gasteiger partial charge in [0.1, 0.15) is 5.52 Å². The number of nitrogens with one attached hydrogen (secondary N) is 2. The summed E-state index contributed by atoms with van der Waals surface area (Å²) in [4.78, 5) is 16.4. The third-order valence-electron chi connectivity index (χ3n) is 3.51. The van der Waals surface area contributed by atoms with Gasteiger partial charge in [0, 0.05) is 23.9 Å². The van der Waals surface area contributed by atoms with Crippen LogP contribution in [-0.2, 0) is 14.8 Å². The monoisotopic (exact) mass is 385 g/mol. The number of benzene rings is 2. The summed E-state index contributed by atoms with van der Waals surface area (Å²) in [6.45, 7) is 3.49. The van der Waals surface area contributed by atoms with Crippen molar-refractivity contribution in [3.05, 3.63) is 60.5 Å². The fraction of sp³-hybridized carbons (Fsp3) is 0.158. The molecule has 0 fully saturated rings. The molecule has 1 heterocycles. The van der Waals surface area contributed by atoms with E-state index in [0.29, 0.717) is 22.7 Å². The average molecular weight is 385 g/mol. The SMILES string of the molecule is CC(C)NS(=O)(=O)c1ccc(NC(=O)/C=C/c2nc3ccccc3o2)cc1. The van der Waals surface area contributed by atoms with Crippen molar-refractivity contribution in [1.29, 1.82) is 0 Å². The van der Waals surface area contributed by atoms with Crippen LogP contribution in [0.4, 0.5) is 5.69 Å². The lowest BCUT2D eigenvalue weighted by atomic mass is 10.3. The topological polar surface area (TPSA) is 101 Å². The largest absolute Gasteiger partial charge is 0.437 e. The zero-order chi connectivity index (χ0) is 19.4. The van der Waals surface area contributed by atoms with Crippen LogP contribution in [0.2, 0.25) is 0 Å². The second kappa shape index (κ2) is 7.73. The van der Waals surface area contributed by atoms with Gasteiger partial charge in [0.15, 0.2) is 5.58 Å². The first-order chi connectivity index (χ1) is 12.8. The van der Waals surface area contributed by atoms with E-state index < -0.39 is 10.0 Å². The average Bonchev–Trinajstić information content (AvgIpc) is 3.02. The quantitative estimate of drug-likeness (QED) is 0.635. The molecule has 140 valence electrons. The molecule has 0 radical (unpaired) electrons. The molecule has 1 amide bonds. The van der Waals surface area contributed by atoms with E-state index in [1.165, 1.54) is 36.4 Å². The highest BCUT2D eigenvalue weighted by Gasteiger charge is 2.15. The maximum Gasteiger partial charge on any atom is 0.248 e. The fourth-order valence-corrected chi connectivity index (χ4v) is 3.64. The molecule has 3 aromatic rings. The lowest BCUT2D eigenvalue weighted by Gasteiger charge is -2.10. The van der Waals surface area contributed by atoms with Crippen molar-refractivity contribution in [2.75, 3.05) is 5.32 Å². The van der Waals surface area contributed by atoms with Crippen molar-refractivity contribution >= 4 is 38.8 Å². The van der Waals surface area contributed by atoms with Gasteiger partial charge >= 0.3 is 0 Å². The Morgan fingerprint density at radius 2 is 1.81 bits per heavy atom. The van der Waals surface area contributed by atoms with Crippen molar-refractivity contribution in [2.24, 2.45) is 0 Å². The van der Waals surface area contributed by atoms with E-state index in [0.717, 1.165) is 0 Å². The van der Waals surface area contributed by atoms with Crippen LogP contribution in [0, 0.1) is 0 Å². The summed E-state index contributed by atoms with van der Waals surface area (Å²) < 4.78 is 32.2. The van der Waals surface area contributed by atoms with Crippen molar-refractivity contribution in [3.63, 3.8) is 0 Å². The van der Waals surface area contributed by atoms with E-state index in [1.54, 1.807) is 19.9 Å². The number of sulfonamides is 1. The zero-order valence-electron chi connectivity index (χ0n) is 14.8. The lowest BCUT2D eigenvalue weighted by molar-refractivity contribution is -0.111. The predicted molar refractivity (Wildman–Crippen MR) is 104 cm³/mol. The highest BCUT2D eigenvalue weighted by molar-refractivity contribution is 7.89. The number of fused-ring (bicyclic) bond motifs is 1. The Morgan fingerprint density at radius 1 is 1.11 bits per heavy atom. The molecular weight excluding hydrogens is 366 g/mol. The minimum atomic E-state index is -3.56. The molecule has 0 atom stereocenters. The van der Waals surface area contributed by atoms with Gasteiger partial charge in [-0.2, -0.15) is 0 Å². The molecule has 7 nitrogen and oxygen atoms in total. The number of oxazole rings is 1. The number of anilines is 1. The Balaban J connectivity index is 1.65. The molecule has 2 aromatic carbocycles. The Morgan fingerprint density at radius 3 is 2.48 bits per heavy atom. The number of rotatable bonds is 6. The van der Waals surface area contributed by atoms with Gasteiger partial charge in [0.05, 0.1) is 4.90 Å². The number of hydrogen-bond acceptors (Lipinski definition) is 5. The smallest absolute Gasteiger partial charge is 0.248 e. The second-order valence-corrected chi connectivity index (χ2v) is 7.86. The molecule has 27 heavy (non-hydrogen) atoms. The molecule has 0 spiro atoms. The second-order valence-electron chi connectivity index (χ2n) is 6.14. The van der Waals surface area contributed by atoms with Gasteiger partial charge in [-0.25, -0.2) is 18.1 Å². The van der Waals surface area contributed by atoms with Crippen molar-refractivity contribution < 1.29 is 17.6 Å². The van der Waals surface area contributed by atoms with Crippen LogP contribution in [0.5, 0.6) is 0 Å². The number of aromatic nitrogens is 1. The Kier molecular flexibility index (Phi) is 5.38. The Labute approximate surface area is 157 Å². The molecule has 0 saturated heterocycles. The van der Waals surface area contributed by atoms with Crippen LogP contribution >= 0.6 is 0 Å². The molecule has 0 aliphatic rings. The molecule has 8 heteroatoms. The predicted octanol–water partition coefficient (Wildman–Crippen LogP) is 3.17. The van der Waals surface area contributed by atoms with E-state index in [9.17, 15) is 13.2 Å². The van der Waals surface area contributed by atoms with Crippen LogP contribution in [0.3, 0.4) is 0 Å². The van der Waals surface area contributed by atoms with Gasteiger partial charge in [0.25, 0.3) is 0 Å². The standard InChI is InChI=1S/C19H19N3O4S/c1-13(2)22-27(24,25)15-9-7-14(8-10-15)20-18(23)11-12-19-21-16-5-3-4-6-17(16)26-19/h3-13,22H,1-2H3,(H,20,23)/b12-11+. The number of hydrogen-bond donors (Lipinski definition) is 2. The normalized spacial score (nSPS) is 12.1. The minimum absolute atomic E-state index is 0.135. The van der Waals surface area contributed by atoms with Crippen molar-refractivity contribution in [2.45, 2.75) is 24.8 Å². The molecule has 1 aromatic heterocycles. The van der Waals surface area contributed by atoms with Gasteiger partial charge in [0.2, 0.25) is 21.8 Å². The summed E-state index contributed by atoms with van der Waals surface area (Å²) >= 11 is 0. The van der Waals surface area contributed by atoms with Crippen molar-refractivity contribution in [1.82, 2.24) is 9.71 Å². The molecule has 0 unspecified atom stereocenters. The summed E-state index contributed by atoms with van der Waals surface area (Å²) in [6.07, 6.45) is 2.77. The van der Waals surface area contributed by atoms with Gasteiger partial charge in [-0.1, -0.05) is 12.1 Å². The number of para-hydroxylation sites is 2. The first-order valence-electron chi connectivity index (χ1n) is 8.30. The summed E-state index contributed by atoms with van der Waals surface area (Å²) in [5, 5.41) is 2.65. The fourth-order valence-electron chi connectivity index (χ4n) is 2.39. The summed E-state index contributed by atoms with van der Waals surface area (Å²) in [6, 6.07) is 13.0. The summed E-state index contributed by atoms with van der Waals surface area (Å²) in [7, 11) is -3.56. The Bertz CT molecular complexity index is 1050. The molecule has 0 aliphatic heterocycles. The Hall–Kier alpha value is -2.97. The lowest BCUT2D eigenvalue weighted by Crippen LogP contribution is -2.30. The first-order valence-corrected chi connectivity index (χ1v) is 9.79. The van der Waals surface area contributed by atoms with Crippen LogP contribution in [-0.4, -0.2) is 25.4 Å². The third kappa shape index (κ3) is 4.81. The minimum Gasteiger partial charge on any atom is -0.437 e. The van der Waals surface area contributed by atoms with Crippen LogP contribution in [0.25, 0.3) is 17.2 Å². The zero-order valence-corrected chi connectivity index (χ0v) is 15.7. The van der Waals surface area contributed by atoms with Gasteiger partial charge in [-0.15, -0.1) is 0 Å². The van der Waals surface area contributed by atoms with E-state index in [-0.39, 0.29) is 16.8 Å². The van der Waals surface area contributed by atoms with E-state index in [2.05, 4.69) is 15.0 Å². The number of nitrogens with zero attached hydrogens (tertiary/aromatic N) is 1. The highest BCUT2D eigenvalue weighted by atomic mass is 32.2. The molecule has 3 rings (SSSR count). The van der Waals surface area contributed by atoms with Crippen LogP contribution < -0.4 is 10.0 Å². The summed E-state index contributed by atoms with van der Waals surface area (Å²) in [5.41, 5.74) is 1.83. The molecule has 0 bridgehead atoms. The van der Waals surface area contributed by atoms with E-state index in [4.69, 9.17) is 4.42 Å². The third-order valence-corrected chi connectivity index (χ3v) is 5.19. The van der Waals surface area contributed by atoms with Gasteiger partial charge in [-0.3, -0.25) is 4.79 Å². The van der Waals surface area contributed by atoms with E-state index >= 15 is 0 Å². The van der Waals surface area contributed by atoms with Gasteiger partial charge in [-0.05, 0) is 50.2 Å². The van der Waals surface area contributed by atoms with Crippen molar-refractivity contribution in [3.8, 4) is 0 Å². The number of amides is 1. The molecular formula is C19H19N3O4S. The van der Waals surface area contributed by atoms with Crippen LogP contribution in [0.1, 0.15) is 19.7 Å². The van der Waals surface area contributed by atoms with E-state index in [1.807, 2.05) is 18.2 Å². The number of carbonyl (C=O) groups is 1. The van der Waals surface area contributed by atoms with Gasteiger partial charge < -0.3 is 9.73 Å². The first kappa shape index (κ1) is 18.8. The van der Waals surface area contributed by atoms with Crippen LogP contribution in [0.15, 0.2) is 63.9 Å².